The molecule has 0 fully saturated rings. The molecule has 0 saturated heterocycles. The van der Waals surface area contributed by atoms with Gasteiger partial charge in [0.15, 0.2) is 5.69 Å². The van der Waals surface area contributed by atoms with Crippen LogP contribution in [0.5, 0.6) is 11.6 Å². The summed E-state index contributed by atoms with van der Waals surface area (Å²) in [7, 11) is 0. The summed E-state index contributed by atoms with van der Waals surface area (Å²) in [6, 6.07) is 29.7. The monoisotopic (exact) mass is 801 g/mol. The number of aromatic hydroxyl groups is 2. The molecule has 6 rings (SSSR count). The average molecular weight is 803 g/mol. The van der Waals surface area contributed by atoms with Crippen LogP contribution in [0.2, 0.25) is 10.0 Å². The summed E-state index contributed by atoms with van der Waals surface area (Å²) in [4.78, 5) is 26.8. The Hall–Kier alpha value is -6.17. The van der Waals surface area contributed by atoms with Gasteiger partial charge in [-0.15, -0.1) is 15.3 Å². The predicted molar refractivity (Wildman–Crippen MR) is 202 cm³/mol. The predicted octanol–water partition coefficient (Wildman–Crippen LogP) is 10.9. The second-order valence-electron chi connectivity index (χ2n) is 11.2. The van der Waals surface area contributed by atoms with Gasteiger partial charge >= 0.3 is 11.9 Å². The molecule has 4 N–H and O–H groups in total. The fourth-order valence-electron chi connectivity index (χ4n) is 4.67. The van der Waals surface area contributed by atoms with Gasteiger partial charge < -0.3 is 20.4 Å². The van der Waals surface area contributed by atoms with Crippen LogP contribution in [0.1, 0.15) is 37.5 Å². The zero-order valence-corrected chi connectivity index (χ0v) is 31.2. The van der Waals surface area contributed by atoms with Crippen LogP contribution >= 0.6 is 23.2 Å². The number of aryl methyl sites for hydroxylation is 2. The van der Waals surface area contributed by atoms with E-state index in [1.165, 1.54) is 29.1 Å². The number of hydrogen-bond acceptors (Lipinski definition) is 10. The molecule has 0 aliphatic carbocycles. The molecule has 0 unspecified atom stereocenters. The number of benzene rings is 5. The molecule has 16 heteroatoms. The number of nitrogens with zero attached hydrogens (tertiary/aromatic N) is 7. The number of phenolic OH excluding ortho intramolecular Hbond substituents is 1. The number of carboxylic acid groups (broad SMARTS) is 2. The maximum Gasteiger partial charge on any atom is 0.337 e. The maximum absolute atomic E-state index is 11.3. The number of halogens is 2. The molecule has 1 aromatic heterocycles. The van der Waals surface area contributed by atoms with Crippen molar-refractivity contribution in [3.8, 4) is 17.3 Å². The molecular formula is C38H29Cl2CrN7O6. The zero-order valence-electron chi connectivity index (χ0n) is 28.4. The minimum Gasteiger partial charge on any atom is -0.507 e. The molecule has 0 atom stereocenters. The maximum atomic E-state index is 11.3. The number of aromatic carboxylic acids is 2. The van der Waals surface area contributed by atoms with Crippen molar-refractivity contribution >= 4 is 69.8 Å². The first-order valence-electron chi connectivity index (χ1n) is 15.6. The summed E-state index contributed by atoms with van der Waals surface area (Å²) in [5.74, 6) is -2.36. The van der Waals surface area contributed by atoms with Crippen molar-refractivity contribution in [3.63, 3.8) is 0 Å². The Labute approximate surface area is 329 Å². The van der Waals surface area contributed by atoms with E-state index in [0.717, 1.165) is 5.56 Å². The molecule has 6 aromatic rings. The fraction of sp³-hybridized carbons (Fsp3) is 0.0526. The van der Waals surface area contributed by atoms with E-state index in [-0.39, 0.29) is 57.2 Å². The third-order valence-corrected chi connectivity index (χ3v) is 7.87. The molecule has 0 aliphatic rings. The molecule has 1 heterocycles. The molecule has 5 aromatic carbocycles. The minimum absolute atomic E-state index is 0. The number of para-hydroxylation sites is 2. The SMILES string of the molecule is Cc1ccc(N=Nc2c(C)nn(-c3ccccc3)c2O)c(C(=O)O)c1.O=C(O)c1ccccc1N=Cc1cc(N=Nc2cc(Cl)ccc2Cl)ccc1O.[Cr]. The summed E-state index contributed by atoms with van der Waals surface area (Å²) >= 11 is 12.0. The number of azo groups is 2. The van der Waals surface area contributed by atoms with Crippen molar-refractivity contribution in [3.05, 3.63) is 147 Å². The van der Waals surface area contributed by atoms with Gasteiger partial charge in [0.1, 0.15) is 17.1 Å². The number of aromatic nitrogens is 2. The van der Waals surface area contributed by atoms with Crippen molar-refractivity contribution in [1.82, 2.24) is 9.78 Å². The Kier molecular flexibility index (Phi) is 13.9. The van der Waals surface area contributed by atoms with Crippen LogP contribution in [0.25, 0.3) is 5.69 Å². The Morgan fingerprint density at radius 3 is 2.11 bits per heavy atom. The third-order valence-electron chi connectivity index (χ3n) is 7.32. The summed E-state index contributed by atoms with van der Waals surface area (Å²) in [5, 5.41) is 60.3. The van der Waals surface area contributed by atoms with E-state index in [0.29, 0.717) is 38.4 Å². The topological polar surface area (TPSA) is 195 Å². The van der Waals surface area contributed by atoms with Crippen LogP contribution in [0.3, 0.4) is 0 Å². The third kappa shape index (κ3) is 10.2. The van der Waals surface area contributed by atoms with Gasteiger partial charge in [-0.05, 0) is 86.6 Å². The zero-order chi connectivity index (χ0) is 38.1. The molecule has 272 valence electrons. The Bertz CT molecular complexity index is 2400. The number of hydrogen-bond donors (Lipinski definition) is 4. The van der Waals surface area contributed by atoms with Crippen LogP contribution in [0.4, 0.5) is 28.4 Å². The minimum atomic E-state index is -1.09. The smallest absolute Gasteiger partial charge is 0.337 e. The second kappa shape index (κ2) is 18.5. The average Bonchev–Trinajstić information content (AvgIpc) is 3.44. The standard InChI is InChI=1S/C20H13Cl2N3O3.C18H16N4O3.Cr/c21-13-5-7-16(22)18(10-13)25-24-14-6-8-19(26)12(9-14)11-23-17-4-2-1-3-15(17)20(27)28;1-11-8-9-15(14(10-11)18(24)25)19-20-16-12(2)21-22(17(16)23)13-6-4-3-5-7-13;/h1-11,26H,(H,27,28);3-10,23H,1-2H3,(H,24,25);. The number of aliphatic imine (C=N–C) groups is 1. The first kappa shape index (κ1) is 40.6. The van der Waals surface area contributed by atoms with Gasteiger partial charge in [-0.3, -0.25) is 4.99 Å². The van der Waals surface area contributed by atoms with Gasteiger partial charge in [0, 0.05) is 34.2 Å². The van der Waals surface area contributed by atoms with E-state index in [2.05, 4.69) is 30.5 Å². The van der Waals surface area contributed by atoms with Gasteiger partial charge in [-0.25, -0.2) is 9.59 Å². The first-order valence-corrected chi connectivity index (χ1v) is 16.3. The van der Waals surface area contributed by atoms with E-state index in [1.54, 1.807) is 86.6 Å². The molecular weight excluding hydrogens is 773 g/mol. The van der Waals surface area contributed by atoms with Gasteiger partial charge in [0.25, 0.3) is 0 Å². The normalized spacial score (nSPS) is 11.0. The molecule has 0 spiro atoms. The van der Waals surface area contributed by atoms with Crippen LogP contribution in [0.15, 0.2) is 135 Å². The van der Waals surface area contributed by atoms with Crippen molar-refractivity contribution in [2.75, 3.05) is 0 Å². The van der Waals surface area contributed by atoms with E-state index in [1.807, 2.05) is 18.2 Å². The van der Waals surface area contributed by atoms with E-state index in [4.69, 9.17) is 23.2 Å². The van der Waals surface area contributed by atoms with Crippen molar-refractivity contribution < 1.29 is 47.4 Å². The molecule has 13 nitrogen and oxygen atoms in total. The van der Waals surface area contributed by atoms with Crippen molar-refractivity contribution in [2.24, 2.45) is 25.4 Å². The summed E-state index contributed by atoms with van der Waals surface area (Å²) < 4.78 is 1.36. The molecule has 0 saturated carbocycles. The summed E-state index contributed by atoms with van der Waals surface area (Å²) in [6.45, 7) is 3.49. The van der Waals surface area contributed by atoms with Gasteiger partial charge in [-0.1, -0.05) is 65.2 Å². The van der Waals surface area contributed by atoms with Gasteiger partial charge in [0.05, 0.1) is 38.9 Å². The van der Waals surface area contributed by atoms with Gasteiger partial charge in [-0.2, -0.15) is 14.9 Å². The summed E-state index contributed by atoms with van der Waals surface area (Å²) in [6.07, 6.45) is 1.36. The van der Waals surface area contributed by atoms with E-state index in [9.17, 15) is 30.0 Å². The fourth-order valence-corrected chi connectivity index (χ4v) is 4.99. The number of phenols is 1. The van der Waals surface area contributed by atoms with Crippen molar-refractivity contribution in [1.29, 1.82) is 0 Å². The van der Waals surface area contributed by atoms with Crippen LogP contribution in [-0.4, -0.2) is 48.4 Å². The Balaban J connectivity index is 0.000000238. The van der Waals surface area contributed by atoms with Gasteiger partial charge in [0.2, 0.25) is 5.88 Å². The second-order valence-corrected chi connectivity index (χ2v) is 12.0. The molecule has 0 aliphatic heterocycles. The number of carbonyl (C=O) groups is 2. The molecule has 0 amide bonds. The molecule has 0 radical (unpaired) electrons. The number of rotatable bonds is 9. The van der Waals surface area contributed by atoms with Crippen molar-refractivity contribution in [2.45, 2.75) is 13.8 Å². The Morgan fingerprint density at radius 1 is 0.704 bits per heavy atom. The van der Waals surface area contributed by atoms with Crippen LogP contribution in [0, 0.1) is 13.8 Å². The molecule has 0 bridgehead atoms. The Morgan fingerprint density at radius 2 is 1.39 bits per heavy atom. The summed E-state index contributed by atoms with van der Waals surface area (Å²) in [5.41, 5.74) is 3.98. The molecule has 54 heavy (non-hydrogen) atoms. The first-order chi connectivity index (χ1) is 25.4. The van der Waals surface area contributed by atoms with Crippen LogP contribution < -0.4 is 0 Å². The van der Waals surface area contributed by atoms with E-state index >= 15 is 0 Å². The van der Waals surface area contributed by atoms with E-state index < -0.39 is 11.9 Å². The number of carboxylic acids is 2. The quantitative estimate of drug-likeness (QED) is 0.0824. The largest absolute Gasteiger partial charge is 0.507 e. The van der Waals surface area contributed by atoms with Crippen LogP contribution in [-0.2, 0) is 17.4 Å².